The van der Waals surface area contributed by atoms with Gasteiger partial charge >= 0.3 is 0 Å². The van der Waals surface area contributed by atoms with Gasteiger partial charge in [-0.05, 0) is 18.1 Å². The van der Waals surface area contributed by atoms with Gasteiger partial charge in [-0.3, -0.25) is 14.6 Å². The zero-order valence-corrected chi connectivity index (χ0v) is 18.1. The Labute approximate surface area is 184 Å². The molecule has 1 fully saturated rings. The van der Waals surface area contributed by atoms with Gasteiger partial charge in [0.15, 0.2) is 0 Å². The third-order valence-electron chi connectivity index (χ3n) is 5.92. The maximum atomic E-state index is 12.6. The molecule has 1 aliphatic rings. The third-order valence-corrected chi connectivity index (χ3v) is 5.92. The van der Waals surface area contributed by atoms with Crippen molar-refractivity contribution >= 4 is 5.91 Å². The van der Waals surface area contributed by atoms with Crippen LogP contribution in [0.5, 0.6) is 0 Å². The predicted octanol–water partition coefficient (Wildman–Crippen LogP) is 3.11. The molecule has 0 aliphatic carbocycles. The molecule has 1 unspecified atom stereocenters. The number of hydrogen-bond donors (Lipinski definition) is 2. The maximum Gasteiger partial charge on any atom is 0.230 e. The maximum absolute atomic E-state index is 12.6. The van der Waals surface area contributed by atoms with Crippen molar-refractivity contribution in [2.24, 2.45) is 0 Å². The van der Waals surface area contributed by atoms with Crippen LogP contribution in [0, 0.1) is 0 Å². The van der Waals surface area contributed by atoms with E-state index in [1.807, 2.05) is 37.3 Å². The Morgan fingerprint density at radius 3 is 2.35 bits per heavy atom. The van der Waals surface area contributed by atoms with Crippen LogP contribution in [-0.2, 0) is 11.3 Å². The number of H-pyrrole nitrogens is 1. The van der Waals surface area contributed by atoms with Gasteiger partial charge in [0.25, 0.3) is 0 Å². The van der Waals surface area contributed by atoms with Crippen LogP contribution in [0.15, 0.2) is 66.9 Å². The number of aromatic amines is 1. The van der Waals surface area contributed by atoms with E-state index in [4.69, 9.17) is 0 Å². The standard InChI is InChI=1S/C25H31N5O/c1-20(24-27-18-23(28-24)22-10-6-3-7-11-22)25(31)26-12-13-29-14-16-30(17-15-29)19-21-8-4-2-5-9-21/h2-11,18,20H,12-17,19H2,1H3,(H,26,31)(H,27,28). The third kappa shape index (κ3) is 5.81. The summed E-state index contributed by atoms with van der Waals surface area (Å²) in [5.41, 5.74) is 3.37. The highest BCUT2D eigenvalue weighted by molar-refractivity contribution is 5.82. The summed E-state index contributed by atoms with van der Waals surface area (Å²) in [6.45, 7) is 8.65. The zero-order valence-electron chi connectivity index (χ0n) is 18.1. The van der Waals surface area contributed by atoms with Crippen molar-refractivity contribution in [1.82, 2.24) is 25.1 Å². The van der Waals surface area contributed by atoms with Gasteiger partial charge in [-0.2, -0.15) is 0 Å². The molecule has 6 nitrogen and oxygen atoms in total. The fourth-order valence-electron chi connectivity index (χ4n) is 3.95. The molecule has 1 atom stereocenters. The van der Waals surface area contributed by atoms with Crippen molar-refractivity contribution in [2.75, 3.05) is 39.3 Å². The average molecular weight is 418 g/mol. The molecular formula is C25H31N5O. The summed E-state index contributed by atoms with van der Waals surface area (Å²) in [6, 6.07) is 20.7. The van der Waals surface area contributed by atoms with Gasteiger partial charge in [0, 0.05) is 45.8 Å². The summed E-state index contributed by atoms with van der Waals surface area (Å²) in [6.07, 6.45) is 1.80. The molecule has 1 amide bonds. The monoisotopic (exact) mass is 417 g/mol. The molecule has 2 aromatic carbocycles. The number of rotatable bonds is 8. The number of carbonyl (C=O) groups excluding carboxylic acids is 1. The van der Waals surface area contributed by atoms with E-state index in [9.17, 15) is 4.79 Å². The topological polar surface area (TPSA) is 64.3 Å². The second kappa shape index (κ2) is 10.4. The Bertz CT molecular complexity index is 948. The van der Waals surface area contributed by atoms with Gasteiger partial charge in [-0.25, -0.2) is 4.98 Å². The molecule has 0 radical (unpaired) electrons. The Balaban J connectivity index is 1.18. The van der Waals surface area contributed by atoms with Gasteiger partial charge in [0.1, 0.15) is 5.82 Å². The first-order chi connectivity index (χ1) is 15.2. The van der Waals surface area contributed by atoms with Crippen molar-refractivity contribution < 1.29 is 4.79 Å². The van der Waals surface area contributed by atoms with E-state index in [1.165, 1.54) is 5.56 Å². The molecule has 162 valence electrons. The Morgan fingerprint density at radius 2 is 1.65 bits per heavy atom. The van der Waals surface area contributed by atoms with Crippen LogP contribution >= 0.6 is 0 Å². The molecule has 1 aliphatic heterocycles. The molecule has 31 heavy (non-hydrogen) atoms. The number of nitrogens with zero attached hydrogens (tertiary/aromatic N) is 3. The van der Waals surface area contributed by atoms with Gasteiger partial charge < -0.3 is 10.3 Å². The summed E-state index contributed by atoms with van der Waals surface area (Å²) >= 11 is 0. The van der Waals surface area contributed by atoms with Crippen LogP contribution < -0.4 is 5.32 Å². The second-order valence-electron chi connectivity index (χ2n) is 8.16. The summed E-state index contributed by atoms with van der Waals surface area (Å²) in [4.78, 5) is 25.2. The van der Waals surface area contributed by atoms with E-state index in [1.54, 1.807) is 6.20 Å². The van der Waals surface area contributed by atoms with E-state index >= 15 is 0 Å². The Hall–Kier alpha value is -2.96. The lowest BCUT2D eigenvalue weighted by atomic mass is 10.1. The molecule has 2 heterocycles. The van der Waals surface area contributed by atoms with Gasteiger partial charge in [-0.15, -0.1) is 0 Å². The number of benzene rings is 2. The molecule has 2 N–H and O–H groups in total. The number of hydrogen-bond acceptors (Lipinski definition) is 4. The van der Waals surface area contributed by atoms with Crippen molar-refractivity contribution in [1.29, 1.82) is 0 Å². The van der Waals surface area contributed by atoms with Crippen LogP contribution in [-0.4, -0.2) is 64.9 Å². The summed E-state index contributed by atoms with van der Waals surface area (Å²) in [5, 5.41) is 3.07. The van der Waals surface area contributed by atoms with Crippen molar-refractivity contribution in [2.45, 2.75) is 19.4 Å². The lowest BCUT2D eigenvalue weighted by molar-refractivity contribution is -0.122. The van der Waals surface area contributed by atoms with E-state index in [0.29, 0.717) is 12.4 Å². The first kappa shape index (κ1) is 21.3. The number of nitrogens with one attached hydrogen (secondary N) is 2. The summed E-state index contributed by atoms with van der Waals surface area (Å²) in [5.74, 6) is 0.405. The van der Waals surface area contributed by atoms with Crippen LogP contribution in [0.3, 0.4) is 0 Å². The van der Waals surface area contributed by atoms with Crippen molar-refractivity contribution in [3.8, 4) is 11.3 Å². The molecule has 3 aromatic rings. The molecule has 6 heteroatoms. The molecule has 0 saturated carbocycles. The normalized spacial score (nSPS) is 16.2. The van der Waals surface area contributed by atoms with Crippen molar-refractivity contribution in [3.05, 3.63) is 78.2 Å². The van der Waals surface area contributed by atoms with Crippen LogP contribution in [0.1, 0.15) is 24.2 Å². The molecular weight excluding hydrogens is 386 g/mol. The summed E-state index contributed by atoms with van der Waals surface area (Å²) < 4.78 is 0. The number of amides is 1. The minimum atomic E-state index is -0.305. The quantitative estimate of drug-likeness (QED) is 0.591. The fraction of sp³-hybridized carbons (Fsp3) is 0.360. The van der Waals surface area contributed by atoms with Gasteiger partial charge in [0.2, 0.25) is 5.91 Å². The SMILES string of the molecule is CC(C(=O)NCCN1CCN(Cc2ccccc2)CC1)c1ncc(-c2ccccc2)[nH]1. The highest BCUT2D eigenvalue weighted by Crippen LogP contribution is 2.19. The summed E-state index contributed by atoms with van der Waals surface area (Å²) in [7, 11) is 0. The highest BCUT2D eigenvalue weighted by Gasteiger charge is 2.20. The number of carbonyl (C=O) groups is 1. The van der Waals surface area contributed by atoms with Gasteiger partial charge in [0.05, 0.1) is 17.8 Å². The highest BCUT2D eigenvalue weighted by atomic mass is 16.1. The number of aromatic nitrogens is 2. The first-order valence-corrected chi connectivity index (χ1v) is 11.1. The van der Waals surface area contributed by atoms with E-state index < -0.39 is 0 Å². The second-order valence-corrected chi connectivity index (χ2v) is 8.16. The number of imidazole rings is 1. The van der Waals surface area contributed by atoms with Crippen LogP contribution in [0.4, 0.5) is 0 Å². The average Bonchev–Trinajstić information content (AvgIpc) is 3.31. The van der Waals surface area contributed by atoms with Crippen LogP contribution in [0.25, 0.3) is 11.3 Å². The van der Waals surface area contributed by atoms with E-state index in [0.717, 1.165) is 50.5 Å². The predicted molar refractivity (Wildman–Crippen MR) is 124 cm³/mol. The lowest BCUT2D eigenvalue weighted by Gasteiger charge is -2.34. The number of piperazine rings is 1. The molecule has 1 aromatic heterocycles. The zero-order chi connectivity index (χ0) is 21.5. The minimum absolute atomic E-state index is 0.0108. The Kier molecular flexibility index (Phi) is 7.12. The van der Waals surface area contributed by atoms with E-state index in [-0.39, 0.29) is 11.8 Å². The first-order valence-electron chi connectivity index (χ1n) is 11.1. The lowest BCUT2D eigenvalue weighted by Crippen LogP contribution is -2.48. The molecule has 0 bridgehead atoms. The smallest absolute Gasteiger partial charge is 0.230 e. The van der Waals surface area contributed by atoms with E-state index in [2.05, 4.69) is 55.4 Å². The van der Waals surface area contributed by atoms with Gasteiger partial charge in [-0.1, -0.05) is 60.7 Å². The fourth-order valence-corrected chi connectivity index (χ4v) is 3.95. The molecule has 0 spiro atoms. The molecule has 1 saturated heterocycles. The Morgan fingerprint density at radius 1 is 1.00 bits per heavy atom. The minimum Gasteiger partial charge on any atom is -0.354 e. The van der Waals surface area contributed by atoms with Crippen molar-refractivity contribution in [3.63, 3.8) is 0 Å². The molecule has 4 rings (SSSR count). The largest absolute Gasteiger partial charge is 0.354 e. The van der Waals surface area contributed by atoms with Crippen LogP contribution in [0.2, 0.25) is 0 Å².